The third kappa shape index (κ3) is 1.33. The molecule has 0 fully saturated rings. The molecule has 0 aliphatic rings. The number of thiophene rings is 1. The van der Waals surface area contributed by atoms with Crippen LogP contribution < -0.4 is 4.74 Å². The van der Waals surface area contributed by atoms with Gasteiger partial charge < -0.3 is 9.84 Å². The number of aromatic carboxylic acids is 1. The Bertz CT molecular complexity index is 487. The van der Waals surface area contributed by atoms with Crippen LogP contribution in [0.5, 0.6) is 5.75 Å². The molecule has 72 valence electrons. The molecule has 0 atom stereocenters. The summed E-state index contributed by atoms with van der Waals surface area (Å²) in [6, 6.07) is 5.26. The van der Waals surface area contributed by atoms with Crippen molar-refractivity contribution in [3.05, 3.63) is 29.1 Å². The largest absolute Gasteiger partial charge is 0.497 e. The lowest BCUT2D eigenvalue weighted by Crippen LogP contribution is -1.97. The van der Waals surface area contributed by atoms with E-state index in [0.29, 0.717) is 11.3 Å². The van der Waals surface area contributed by atoms with Gasteiger partial charge in [0.2, 0.25) is 0 Å². The Balaban J connectivity index is 2.76. The molecule has 1 N–H and O–H groups in total. The number of rotatable bonds is 2. The summed E-state index contributed by atoms with van der Waals surface area (Å²) < 4.78 is 5.81. The fraction of sp³-hybridized carbons (Fsp3) is 0.100. The topological polar surface area (TPSA) is 46.5 Å². The van der Waals surface area contributed by atoms with Crippen LogP contribution in [0.3, 0.4) is 0 Å². The van der Waals surface area contributed by atoms with Gasteiger partial charge >= 0.3 is 5.97 Å². The lowest BCUT2D eigenvalue weighted by molar-refractivity contribution is 0.0699. The quantitative estimate of drug-likeness (QED) is 0.825. The molecular weight excluding hydrogens is 200 g/mol. The van der Waals surface area contributed by atoms with E-state index in [0.717, 1.165) is 10.1 Å². The lowest BCUT2D eigenvalue weighted by Gasteiger charge is -2.02. The van der Waals surface area contributed by atoms with E-state index in [1.54, 1.807) is 6.07 Å². The second-order valence-corrected chi connectivity index (χ2v) is 3.74. The molecule has 0 amide bonds. The smallest absolute Gasteiger partial charge is 0.337 e. The second-order valence-electron chi connectivity index (χ2n) is 2.82. The Labute approximate surface area is 84.6 Å². The van der Waals surface area contributed by atoms with Crippen molar-refractivity contribution >= 4 is 27.4 Å². The number of carboxylic acids is 1. The summed E-state index contributed by atoms with van der Waals surface area (Å²) >= 11 is 1.43. The first-order valence-electron chi connectivity index (χ1n) is 4.01. The van der Waals surface area contributed by atoms with Crippen molar-refractivity contribution in [1.82, 2.24) is 0 Å². The highest BCUT2D eigenvalue weighted by Gasteiger charge is 2.11. The molecule has 0 saturated heterocycles. The van der Waals surface area contributed by atoms with Gasteiger partial charge in [0.05, 0.1) is 12.7 Å². The van der Waals surface area contributed by atoms with Gasteiger partial charge in [-0.3, -0.25) is 0 Å². The van der Waals surface area contributed by atoms with Gasteiger partial charge in [-0.25, -0.2) is 4.79 Å². The summed E-state index contributed by atoms with van der Waals surface area (Å²) in [7, 11) is 1.53. The molecular formula is C10H8O3S. The van der Waals surface area contributed by atoms with E-state index < -0.39 is 5.97 Å². The van der Waals surface area contributed by atoms with Crippen molar-refractivity contribution in [3.8, 4) is 5.75 Å². The Morgan fingerprint density at radius 3 is 2.93 bits per heavy atom. The summed E-state index contributed by atoms with van der Waals surface area (Å²) in [6.07, 6.45) is 0. The molecule has 0 aliphatic carbocycles. The molecule has 0 aliphatic heterocycles. The highest BCUT2D eigenvalue weighted by molar-refractivity contribution is 7.17. The Morgan fingerprint density at radius 1 is 1.50 bits per heavy atom. The maximum atomic E-state index is 10.9. The standard InChI is InChI=1S/C10H8O3S/c1-13-7-4-6-2-3-14-9(6)8(5-7)10(11)12/h2-5H,1H3,(H,11,12). The highest BCUT2D eigenvalue weighted by atomic mass is 32.1. The van der Waals surface area contributed by atoms with E-state index in [1.165, 1.54) is 18.4 Å². The van der Waals surface area contributed by atoms with E-state index in [-0.39, 0.29) is 0 Å². The zero-order valence-electron chi connectivity index (χ0n) is 7.48. The normalized spacial score (nSPS) is 10.4. The Hall–Kier alpha value is -1.55. The van der Waals surface area contributed by atoms with Crippen LogP contribution >= 0.6 is 11.3 Å². The summed E-state index contributed by atoms with van der Waals surface area (Å²) in [4.78, 5) is 10.9. The van der Waals surface area contributed by atoms with Gasteiger partial charge in [0.25, 0.3) is 0 Å². The summed E-state index contributed by atoms with van der Waals surface area (Å²) in [5, 5.41) is 11.8. The monoisotopic (exact) mass is 208 g/mol. The minimum atomic E-state index is -0.920. The van der Waals surface area contributed by atoms with Crippen molar-refractivity contribution < 1.29 is 14.6 Å². The van der Waals surface area contributed by atoms with Crippen molar-refractivity contribution in [1.29, 1.82) is 0 Å². The van der Waals surface area contributed by atoms with Gasteiger partial charge in [-0.05, 0) is 29.0 Å². The predicted octanol–water partition coefficient (Wildman–Crippen LogP) is 2.61. The van der Waals surface area contributed by atoms with Crippen LogP contribution in [-0.2, 0) is 0 Å². The van der Waals surface area contributed by atoms with Crippen molar-refractivity contribution in [2.24, 2.45) is 0 Å². The van der Waals surface area contributed by atoms with Crippen LogP contribution in [0.2, 0.25) is 0 Å². The van der Waals surface area contributed by atoms with E-state index in [4.69, 9.17) is 9.84 Å². The predicted molar refractivity (Wildman–Crippen MR) is 55.3 cm³/mol. The first kappa shape index (κ1) is 9.02. The SMILES string of the molecule is COc1cc(C(=O)O)c2sccc2c1. The first-order valence-corrected chi connectivity index (χ1v) is 4.89. The van der Waals surface area contributed by atoms with E-state index >= 15 is 0 Å². The van der Waals surface area contributed by atoms with Crippen molar-refractivity contribution in [2.45, 2.75) is 0 Å². The average Bonchev–Trinajstić information content (AvgIpc) is 2.63. The molecule has 0 radical (unpaired) electrons. The molecule has 14 heavy (non-hydrogen) atoms. The number of carboxylic acid groups (broad SMARTS) is 1. The number of methoxy groups -OCH3 is 1. The molecule has 3 nitrogen and oxygen atoms in total. The number of hydrogen-bond acceptors (Lipinski definition) is 3. The fourth-order valence-corrected chi connectivity index (χ4v) is 2.22. The Kier molecular flexibility index (Phi) is 2.13. The molecule has 0 spiro atoms. The third-order valence-corrected chi connectivity index (χ3v) is 2.95. The second kappa shape index (κ2) is 3.31. The molecule has 0 bridgehead atoms. The van der Waals surface area contributed by atoms with Crippen LogP contribution in [0.15, 0.2) is 23.6 Å². The Morgan fingerprint density at radius 2 is 2.29 bits per heavy atom. The zero-order chi connectivity index (χ0) is 10.1. The number of benzene rings is 1. The molecule has 4 heteroatoms. The molecule has 1 aromatic heterocycles. The number of ether oxygens (including phenoxy) is 1. The highest BCUT2D eigenvalue weighted by Crippen LogP contribution is 2.29. The molecule has 1 aromatic carbocycles. The van der Waals surface area contributed by atoms with Crippen molar-refractivity contribution in [2.75, 3.05) is 7.11 Å². The van der Waals surface area contributed by atoms with Gasteiger partial charge in [-0.15, -0.1) is 11.3 Å². The molecule has 2 aromatic rings. The summed E-state index contributed by atoms with van der Waals surface area (Å²) in [5.74, 6) is -0.343. The van der Waals surface area contributed by atoms with Crippen LogP contribution in [0.25, 0.3) is 10.1 Å². The molecule has 2 rings (SSSR count). The lowest BCUT2D eigenvalue weighted by atomic mass is 10.1. The van der Waals surface area contributed by atoms with Gasteiger partial charge in [0, 0.05) is 4.70 Å². The third-order valence-electron chi connectivity index (χ3n) is 1.99. The van der Waals surface area contributed by atoms with Gasteiger partial charge in [-0.1, -0.05) is 0 Å². The first-order chi connectivity index (χ1) is 6.72. The van der Waals surface area contributed by atoms with E-state index in [2.05, 4.69) is 0 Å². The fourth-order valence-electron chi connectivity index (χ4n) is 1.33. The minimum Gasteiger partial charge on any atom is -0.497 e. The van der Waals surface area contributed by atoms with E-state index in [1.807, 2.05) is 17.5 Å². The van der Waals surface area contributed by atoms with Crippen LogP contribution in [0.4, 0.5) is 0 Å². The van der Waals surface area contributed by atoms with Gasteiger partial charge in [-0.2, -0.15) is 0 Å². The maximum absolute atomic E-state index is 10.9. The van der Waals surface area contributed by atoms with E-state index in [9.17, 15) is 4.79 Å². The van der Waals surface area contributed by atoms with Gasteiger partial charge in [0.15, 0.2) is 0 Å². The summed E-state index contributed by atoms with van der Waals surface area (Å²) in [5.41, 5.74) is 0.300. The zero-order valence-corrected chi connectivity index (χ0v) is 8.30. The minimum absolute atomic E-state index is 0.300. The summed E-state index contributed by atoms with van der Waals surface area (Å²) in [6.45, 7) is 0. The maximum Gasteiger partial charge on any atom is 0.337 e. The molecule has 0 unspecified atom stereocenters. The number of carbonyl (C=O) groups is 1. The van der Waals surface area contributed by atoms with Crippen LogP contribution in [-0.4, -0.2) is 18.2 Å². The van der Waals surface area contributed by atoms with Gasteiger partial charge in [0.1, 0.15) is 5.75 Å². The van der Waals surface area contributed by atoms with Crippen molar-refractivity contribution in [3.63, 3.8) is 0 Å². The van der Waals surface area contributed by atoms with Crippen LogP contribution in [0.1, 0.15) is 10.4 Å². The average molecular weight is 208 g/mol. The number of hydrogen-bond donors (Lipinski definition) is 1. The molecule has 1 heterocycles. The number of fused-ring (bicyclic) bond motifs is 1. The molecule has 0 saturated carbocycles. The van der Waals surface area contributed by atoms with Crippen LogP contribution in [0, 0.1) is 0 Å².